The van der Waals surface area contributed by atoms with Gasteiger partial charge in [0.05, 0.1) is 4.90 Å². The molecule has 21 heavy (non-hydrogen) atoms. The van der Waals surface area contributed by atoms with E-state index in [1.54, 1.807) is 6.07 Å². The van der Waals surface area contributed by atoms with Crippen LogP contribution < -0.4 is 10.4 Å². The fourth-order valence-electron chi connectivity index (χ4n) is 2.52. The second-order valence-electron chi connectivity index (χ2n) is 5.65. The quantitative estimate of drug-likeness (QED) is 0.695. The second kappa shape index (κ2) is 5.75. The fraction of sp³-hybridized carbons (Fsp3) is 0.250. The van der Waals surface area contributed by atoms with Gasteiger partial charge in [0.25, 0.3) is 10.1 Å². The molecule has 3 nitrogen and oxygen atoms in total. The molecule has 0 aliphatic heterocycles. The van der Waals surface area contributed by atoms with Crippen LogP contribution in [0.15, 0.2) is 53.4 Å². The Balaban J connectivity index is 2.71. The molecule has 0 spiro atoms. The summed E-state index contributed by atoms with van der Waals surface area (Å²) in [7, 11) is -6.41. The van der Waals surface area contributed by atoms with Crippen molar-refractivity contribution >= 4 is 28.6 Å². The third-order valence-corrected chi connectivity index (χ3v) is 8.53. The Morgan fingerprint density at radius 3 is 2.19 bits per heavy atom. The van der Waals surface area contributed by atoms with Crippen LogP contribution in [0.5, 0.6) is 0 Å². The monoisotopic (exact) mass is 320 g/mol. The number of hydrogen-bond acceptors (Lipinski definition) is 2. The van der Waals surface area contributed by atoms with E-state index in [1.165, 1.54) is 6.07 Å². The summed E-state index contributed by atoms with van der Waals surface area (Å²) in [5.41, 5.74) is 1.08. The molecule has 1 N–H and O–H groups in total. The Bertz CT molecular complexity index is 737. The Kier molecular flexibility index (Phi) is 4.37. The first kappa shape index (κ1) is 15.9. The van der Waals surface area contributed by atoms with E-state index in [0.29, 0.717) is 0 Å². The highest BCUT2D eigenvalue weighted by atomic mass is 32.2. The van der Waals surface area contributed by atoms with Gasteiger partial charge in [-0.05, 0) is 23.2 Å². The van der Waals surface area contributed by atoms with Crippen molar-refractivity contribution in [2.24, 2.45) is 0 Å². The minimum Gasteiger partial charge on any atom is -0.282 e. The van der Waals surface area contributed by atoms with Crippen molar-refractivity contribution in [1.82, 2.24) is 0 Å². The maximum Gasteiger partial charge on any atom is 0.294 e. The van der Waals surface area contributed by atoms with Crippen LogP contribution in [0.25, 0.3) is 0 Å². The van der Waals surface area contributed by atoms with Gasteiger partial charge in [-0.3, -0.25) is 4.55 Å². The van der Waals surface area contributed by atoms with Gasteiger partial charge in [-0.25, -0.2) is 0 Å². The Morgan fingerprint density at radius 1 is 1.05 bits per heavy atom. The van der Waals surface area contributed by atoms with Crippen molar-refractivity contribution < 1.29 is 13.0 Å². The van der Waals surface area contributed by atoms with Gasteiger partial charge in [-0.15, -0.1) is 0 Å². The highest BCUT2D eigenvalue weighted by Crippen LogP contribution is 2.15. The molecular formula is C16H20O3SSi. The van der Waals surface area contributed by atoms with E-state index in [2.05, 4.69) is 13.1 Å². The molecule has 0 saturated carbocycles. The molecule has 2 aromatic rings. The Labute approximate surface area is 127 Å². The summed E-state index contributed by atoms with van der Waals surface area (Å²) in [6.07, 6.45) is 0.831. The van der Waals surface area contributed by atoms with E-state index in [1.807, 2.05) is 43.3 Å². The number of benzene rings is 2. The molecule has 0 bridgehead atoms. The minimum atomic E-state index is -4.21. The first-order chi connectivity index (χ1) is 9.76. The summed E-state index contributed by atoms with van der Waals surface area (Å²) in [6.45, 7) is 6.24. The molecule has 2 rings (SSSR count). The van der Waals surface area contributed by atoms with Crippen LogP contribution in [0.1, 0.15) is 12.5 Å². The largest absolute Gasteiger partial charge is 0.294 e. The predicted molar refractivity (Wildman–Crippen MR) is 88.8 cm³/mol. The van der Waals surface area contributed by atoms with Crippen LogP contribution in [0, 0.1) is 0 Å². The zero-order valence-electron chi connectivity index (χ0n) is 12.5. The number of rotatable bonds is 4. The normalized spacial score (nSPS) is 12.4. The van der Waals surface area contributed by atoms with Crippen LogP contribution >= 0.6 is 0 Å². The van der Waals surface area contributed by atoms with Crippen LogP contribution in [0.2, 0.25) is 13.1 Å². The summed E-state index contributed by atoms with van der Waals surface area (Å²) in [5.74, 6) is 0. The van der Waals surface area contributed by atoms with Crippen molar-refractivity contribution in [1.29, 1.82) is 0 Å². The summed E-state index contributed by atoms with van der Waals surface area (Å²) in [6, 6.07) is 15.1. The SMILES string of the molecule is CCc1ccc(S(=O)(=O)O)c([Si](C)(C)c2ccccc2)c1. The molecule has 5 heteroatoms. The Hall–Kier alpha value is -1.43. The van der Waals surface area contributed by atoms with Crippen LogP contribution in [-0.4, -0.2) is 21.0 Å². The molecule has 0 heterocycles. The van der Waals surface area contributed by atoms with Crippen LogP contribution in [0.4, 0.5) is 0 Å². The van der Waals surface area contributed by atoms with Crippen molar-refractivity contribution in [2.45, 2.75) is 31.3 Å². The van der Waals surface area contributed by atoms with Gasteiger partial charge in [0, 0.05) is 0 Å². The third kappa shape index (κ3) is 3.26. The lowest BCUT2D eigenvalue weighted by Gasteiger charge is -2.26. The maximum absolute atomic E-state index is 11.7. The van der Waals surface area contributed by atoms with E-state index in [4.69, 9.17) is 0 Å². The second-order valence-corrected chi connectivity index (χ2v) is 11.4. The van der Waals surface area contributed by atoms with Crippen molar-refractivity contribution in [3.63, 3.8) is 0 Å². The van der Waals surface area contributed by atoms with E-state index in [0.717, 1.165) is 22.4 Å². The third-order valence-electron chi connectivity index (χ3n) is 3.90. The molecule has 0 aromatic heterocycles. The number of aryl methyl sites for hydroxylation is 1. The lowest BCUT2D eigenvalue weighted by atomic mass is 10.2. The highest BCUT2D eigenvalue weighted by molar-refractivity contribution is 7.86. The molecule has 0 radical (unpaired) electrons. The Morgan fingerprint density at radius 2 is 1.67 bits per heavy atom. The van der Waals surface area contributed by atoms with Gasteiger partial charge in [-0.1, -0.05) is 67.7 Å². The zero-order chi connectivity index (χ0) is 15.7. The smallest absolute Gasteiger partial charge is 0.282 e. The lowest BCUT2D eigenvalue weighted by molar-refractivity contribution is 0.484. The molecule has 2 aromatic carbocycles. The first-order valence-corrected chi connectivity index (χ1v) is 11.4. The summed E-state index contributed by atoms with van der Waals surface area (Å²) >= 11 is 0. The molecule has 0 fully saturated rings. The topological polar surface area (TPSA) is 54.4 Å². The van der Waals surface area contributed by atoms with Gasteiger partial charge < -0.3 is 0 Å². The van der Waals surface area contributed by atoms with Crippen molar-refractivity contribution in [2.75, 3.05) is 0 Å². The average Bonchev–Trinajstić information content (AvgIpc) is 2.46. The molecule has 112 valence electrons. The first-order valence-electron chi connectivity index (χ1n) is 6.93. The molecule has 0 aliphatic rings. The molecule has 0 atom stereocenters. The molecular weight excluding hydrogens is 300 g/mol. The van der Waals surface area contributed by atoms with Gasteiger partial charge in [0.2, 0.25) is 0 Å². The standard InChI is InChI=1S/C16H20O3SSi/c1-4-13-10-11-15(20(17,18)19)16(12-13)21(2,3)14-8-6-5-7-9-14/h5-12H,4H2,1-3H3,(H,17,18,19). The average molecular weight is 320 g/mol. The van der Waals surface area contributed by atoms with Crippen molar-refractivity contribution in [3.05, 3.63) is 54.1 Å². The minimum absolute atomic E-state index is 0.0419. The van der Waals surface area contributed by atoms with Gasteiger partial charge in [0.15, 0.2) is 0 Å². The van der Waals surface area contributed by atoms with Crippen LogP contribution in [-0.2, 0) is 16.5 Å². The van der Waals surface area contributed by atoms with Crippen LogP contribution in [0.3, 0.4) is 0 Å². The van der Waals surface area contributed by atoms with Gasteiger partial charge in [-0.2, -0.15) is 8.42 Å². The van der Waals surface area contributed by atoms with E-state index >= 15 is 0 Å². The van der Waals surface area contributed by atoms with E-state index in [-0.39, 0.29) is 4.90 Å². The molecule has 0 unspecified atom stereocenters. The molecule has 0 amide bonds. The zero-order valence-corrected chi connectivity index (χ0v) is 14.3. The van der Waals surface area contributed by atoms with Gasteiger partial charge in [0.1, 0.15) is 8.07 Å². The maximum atomic E-state index is 11.7. The van der Waals surface area contributed by atoms with E-state index in [9.17, 15) is 13.0 Å². The highest BCUT2D eigenvalue weighted by Gasteiger charge is 2.31. The molecule has 0 aliphatic carbocycles. The summed E-state index contributed by atoms with van der Waals surface area (Å²) in [5, 5.41) is 1.90. The van der Waals surface area contributed by atoms with E-state index < -0.39 is 18.2 Å². The van der Waals surface area contributed by atoms with Crippen molar-refractivity contribution in [3.8, 4) is 0 Å². The molecule has 0 saturated heterocycles. The fourth-order valence-corrected chi connectivity index (χ4v) is 6.83. The summed E-state index contributed by atoms with van der Waals surface area (Å²) in [4.78, 5) is 0.0419. The summed E-state index contributed by atoms with van der Waals surface area (Å²) < 4.78 is 33.0. The van der Waals surface area contributed by atoms with Gasteiger partial charge >= 0.3 is 0 Å². The lowest BCUT2D eigenvalue weighted by Crippen LogP contribution is -2.54. The number of hydrogen-bond donors (Lipinski definition) is 1. The predicted octanol–water partition coefficient (Wildman–Crippen LogP) is 2.32.